The molecule has 0 spiro atoms. The van der Waals surface area contributed by atoms with Gasteiger partial charge in [-0.3, -0.25) is 0 Å². The van der Waals surface area contributed by atoms with Gasteiger partial charge in [-0.1, -0.05) is 23.9 Å². The molecule has 2 aromatic carbocycles. The molecule has 1 atom stereocenters. The maximum absolute atomic E-state index is 5.91. The van der Waals surface area contributed by atoms with Crippen molar-refractivity contribution in [1.29, 1.82) is 0 Å². The predicted octanol–water partition coefficient (Wildman–Crippen LogP) is 3.99. The monoisotopic (exact) mass is 382 g/mol. The van der Waals surface area contributed by atoms with Crippen LogP contribution in [0, 0.1) is 6.92 Å². The molecule has 7 heteroatoms. The summed E-state index contributed by atoms with van der Waals surface area (Å²) in [7, 11) is 0. The van der Waals surface area contributed by atoms with Crippen LogP contribution in [-0.4, -0.2) is 32.9 Å². The second kappa shape index (κ2) is 7.60. The summed E-state index contributed by atoms with van der Waals surface area (Å²) in [6.07, 6.45) is 1.14. The number of tetrazole rings is 1. The maximum Gasteiger partial charge on any atom is 0.214 e. The van der Waals surface area contributed by atoms with E-state index in [-0.39, 0.29) is 6.10 Å². The SMILES string of the molecule is CCOc1cc2c(cc1CSc1nnnn1-c1cccc(C)c1)OC(C)C2. The van der Waals surface area contributed by atoms with Crippen LogP contribution in [0.4, 0.5) is 0 Å². The molecule has 27 heavy (non-hydrogen) atoms. The first-order valence-electron chi connectivity index (χ1n) is 9.07. The largest absolute Gasteiger partial charge is 0.494 e. The van der Waals surface area contributed by atoms with E-state index in [0.717, 1.165) is 34.3 Å². The highest BCUT2D eigenvalue weighted by Gasteiger charge is 2.22. The molecule has 0 bridgehead atoms. The second-order valence-electron chi connectivity index (χ2n) is 6.63. The summed E-state index contributed by atoms with van der Waals surface area (Å²) < 4.78 is 13.6. The molecule has 0 radical (unpaired) electrons. The Morgan fingerprint density at radius 2 is 2.19 bits per heavy atom. The molecule has 0 aliphatic carbocycles. The van der Waals surface area contributed by atoms with Gasteiger partial charge < -0.3 is 9.47 Å². The smallest absolute Gasteiger partial charge is 0.214 e. The maximum atomic E-state index is 5.91. The van der Waals surface area contributed by atoms with Gasteiger partial charge in [0.1, 0.15) is 17.6 Å². The van der Waals surface area contributed by atoms with Gasteiger partial charge in [-0.05, 0) is 61.0 Å². The van der Waals surface area contributed by atoms with Crippen LogP contribution in [0.5, 0.6) is 11.5 Å². The Hall–Kier alpha value is -2.54. The zero-order valence-corrected chi connectivity index (χ0v) is 16.5. The van der Waals surface area contributed by atoms with Gasteiger partial charge in [-0.15, -0.1) is 5.10 Å². The van der Waals surface area contributed by atoms with Gasteiger partial charge >= 0.3 is 0 Å². The summed E-state index contributed by atoms with van der Waals surface area (Å²) in [6.45, 7) is 6.78. The molecule has 0 fully saturated rings. The lowest BCUT2D eigenvalue weighted by molar-refractivity contribution is 0.254. The average molecular weight is 382 g/mol. The van der Waals surface area contributed by atoms with E-state index < -0.39 is 0 Å². The molecule has 0 saturated carbocycles. The van der Waals surface area contributed by atoms with E-state index in [1.54, 1.807) is 16.4 Å². The highest BCUT2D eigenvalue weighted by Crippen LogP contribution is 2.37. The Labute approximate surface area is 162 Å². The standard InChI is InChI=1S/C20H22N4O2S/c1-4-25-18-10-15-9-14(3)26-19(15)11-16(18)12-27-20-21-22-23-24(20)17-7-5-6-13(2)8-17/h5-8,10-11,14H,4,9,12H2,1-3H3. The minimum absolute atomic E-state index is 0.214. The van der Waals surface area contributed by atoms with Crippen molar-refractivity contribution in [2.75, 3.05) is 6.61 Å². The first kappa shape index (κ1) is 17.9. The van der Waals surface area contributed by atoms with Gasteiger partial charge in [0.2, 0.25) is 5.16 Å². The van der Waals surface area contributed by atoms with E-state index in [4.69, 9.17) is 9.47 Å². The lowest BCUT2D eigenvalue weighted by Gasteiger charge is -2.12. The fraction of sp³-hybridized carbons (Fsp3) is 0.350. The summed E-state index contributed by atoms with van der Waals surface area (Å²) in [4.78, 5) is 0. The number of aromatic nitrogens is 4. The number of rotatable bonds is 6. The molecule has 1 aromatic heterocycles. The van der Waals surface area contributed by atoms with Crippen molar-refractivity contribution in [3.8, 4) is 17.2 Å². The Balaban J connectivity index is 1.58. The van der Waals surface area contributed by atoms with Crippen molar-refractivity contribution in [3.63, 3.8) is 0 Å². The number of ether oxygens (including phenoxy) is 2. The first-order valence-corrected chi connectivity index (χ1v) is 10.1. The van der Waals surface area contributed by atoms with E-state index >= 15 is 0 Å². The first-order chi connectivity index (χ1) is 13.1. The van der Waals surface area contributed by atoms with Gasteiger partial charge in [0.05, 0.1) is 12.3 Å². The van der Waals surface area contributed by atoms with Gasteiger partial charge in [-0.2, -0.15) is 4.68 Å². The van der Waals surface area contributed by atoms with Crippen molar-refractivity contribution in [2.45, 2.75) is 44.2 Å². The van der Waals surface area contributed by atoms with Crippen LogP contribution in [0.15, 0.2) is 41.6 Å². The van der Waals surface area contributed by atoms with Crippen molar-refractivity contribution in [1.82, 2.24) is 20.2 Å². The number of benzene rings is 2. The molecule has 140 valence electrons. The van der Waals surface area contributed by atoms with Crippen LogP contribution >= 0.6 is 11.8 Å². The molecule has 6 nitrogen and oxygen atoms in total. The molecule has 2 heterocycles. The number of hydrogen-bond donors (Lipinski definition) is 0. The zero-order valence-electron chi connectivity index (χ0n) is 15.7. The van der Waals surface area contributed by atoms with Crippen LogP contribution in [0.2, 0.25) is 0 Å². The zero-order chi connectivity index (χ0) is 18.8. The minimum Gasteiger partial charge on any atom is -0.494 e. The van der Waals surface area contributed by atoms with E-state index in [9.17, 15) is 0 Å². The molecular weight excluding hydrogens is 360 g/mol. The van der Waals surface area contributed by atoms with Crippen molar-refractivity contribution in [3.05, 3.63) is 53.1 Å². The number of hydrogen-bond acceptors (Lipinski definition) is 6. The summed E-state index contributed by atoms with van der Waals surface area (Å²) >= 11 is 1.59. The molecular formula is C20H22N4O2S. The third kappa shape index (κ3) is 3.78. The third-order valence-corrected chi connectivity index (χ3v) is 5.39. The van der Waals surface area contributed by atoms with E-state index in [2.05, 4.69) is 53.6 Å². The van der Waals surface area contributed by atoms with Crippen molar-refractivity contribution in [2.24, 2.45) is 0 Å². The Morgan fingerprint density at radius 1 is 1.30 bits per heavy atom. The number of nitrogens with zero attached hydrogens (tertiary/aromatic N) is 4. The number of aryl methyl sites for hydroxylation is 1. The van der Waals surface area contributed by atoms with Crippen molar-refractivity contribution < 1.29 is 9.47 Å². The number of thioether (sulfide) groups is 1. The summed E-state index contributed by atoms with van der Waals surface area (Å²) in [5, 5.41) is 12.9. The quantitative estimate of drug-likeness (QED) is 0.601. The molecule has 0 amide bonds. The fourth-order valence-electron chi connectivity index (χ4n) is 3.22. The van der Waals surface area contributed by atoms with Gasteiger partial charge in [0.25, 0.3) is 0 Å². The average Bonchev–Trinajstić information content (AvgIpc) is 3.25. The Kier molecular flexibility index (Phi) is 5.03. The number of fused-ring (bicyclic) bond motifs is 1. The third-order valence-electron chi connectivity index (χ3n) is 4.42. The van der Waals surface area contributed by atoms with Crippen LogP contribution in [-0.2, 0) is 12.2 Å². The lowest BCUT2D eigenvalue weighted by Crippen LogP contribution is -2.05. The van der Waals surface area contributed by atoms with Crippen LogP contribution < -0.4 is 9.47 Å². The Morgan fingerprint density at radius 3 is 3.00 bits per heavy atom. The van der Waals surface area contributed by atoms with Gasteiger partial charge in [0, 0.05) is 23.3 Å². The molecule has 1 aliphatic rings. The van der Waals surface area contributed by atoms with Gasteiger partial charge in [0.15, 0.2) is 0 Å². The highest BCUT2D eigenvalue weighted by atomic mass is 32.2. The second-order valence-corrected chi connectivity index (χ2v) is 7.58. The summed E-state index contributed by atoms with van der Waals surface area (Å²) in [6, 6.07) is 12.3. The lowest BCUT2D eigenvalue weighted by atomic mass is 10.1. The van der Waals surface area contributed by atoms with Crippen LogP contribution in [0.1, 0.15) is 30.5 Å². The van der Waals surface area contributed by atoms with Crippen LogP contribution in [0.3, 0.4) is 0 Å². The molecule has 1 aliphatic heterocycles. The molecule has 0 saturated heterocycles. The molecule has 1 unspecified atom stereocenters. The van der Waals surface area contributed by atoms with E-state index in [1.807, 2.05) is 19.1 Å². The predicted molar refractivity (Wildman–Crippen MR) is 105 cm³/mol. The Bertz CT molecular complexity index is 957. The normalized spacial score (nSPS) is 15.4. The van der Waals surface area contributed by atoms with Crippen LogP contribution in [0.25, 0.3) is 5.69 Å². The molecule has 3 aromatic rings. The minimum atomic E-state index is 0.214. The van der Waals surface area contributed by atoms with Crippen molar-refractivity contribution >= 4 is 11.8 Å². The fourth-order valence-corrected chi connectivity index (χ4v) is 4.09. The van der Waals surface area contributed by atoms with Gasteiger partial charge in [-0.25, -0.2) is 0 Å². The molecule has 4 rings (SSSR count). The summed E-state index contributed by atoms with van der Waals surface area (Å²) in [5.74, 6) is 2.57. The van der Waals surface area contributed by atoms with E-state index in [0.29, 0.717) is 12.4 Å². The summed E-state index contributed by atoms with van der Waals surface area (Å²) in [5.41, 5.74) is 4.43. The molecule has 0 N–H and O–H groups in total. The van der Waals surface area contributed by atoms with E-state index in [1.165, 1.54) is 11.1 Å². The highest BCUT2D eigenvalue weighted by molar-refractivity contribution is 7.98. The topological polar surface area (TPSA) is 62.1 Å².